The zero-order chi connectivity index (χ0) is 20.0. The molecule has 0 spiro atoms. The molecule has 0 radical (unpaired) electrons. The SMILES string of the molecule is O=C(Nc1c(F)c(F)c(F)c(F)c1F)c1c2ccccc2cc2ccccc12. The first kappa shape index (κ1) is 17.9. The predicted molar refractivity (Wildman–Crippen MR) is 95.6 cm³/mol. The van der Waals surface area contributed by atoms with Crippen LogP contribution >= 0.6 is 0 Å². The molecule has 0 atom stereocenters. The third kappa shape index (κ3) is 2.67. The summed E-state index contributed by atoms with van der Waals surface area (Å²) in [5, 5.41) is 4.17. The molecule has 1 N–H and O–H groups in total. The molecule has 0 aliphatic rings. The van der Waals surface area contributed by atoms with Crippen molar-refractivity contribution in [1.82, 2.24) is 0 Å². The largest absolute Gasteiger partial charge is 0.317 e. The second kappa shape index (κ2) is 6.60. The Morgan fingerprint density at radius 2 is 1.07 bits per heavy atom. The number of amides is 1. The lowest BCUT2D eigenvalue weighted by Crippen LogP contribution is -2.17. The molecule has 4 aromatic rings. The monoisotopic (exact) mass is 387 g/mol. The van der Waals surface area contributed by atoms with E-state index in [0.717, 1.165) is 0 Å². The molecule has 0 fully saturated rings. The summed E-state index contributed by atoms with van der Waals surface area (Å²) >= 11 is 0. The van der Waals surface area contributed by atoms with E-state index in [1.807, 2.05) is 11.4 Å². The number of benzene rings is 4. The van der Waals surface area contributed by atoms with Gasteiger partial charge in [-0.2, -0.15) is 0 Å². The molecule has 0 aromatic heterocycles. The second-order valence-corrected chi connectivity index (χ2v) is 6.09. The van der Waals surface area contributed by atoms with Crippen LogP contribution in [0, 0.1) is 29.1 Å². The Hall–Kier alpha value is -3.48. The number of hydrogen-bond donors (Lipinski definition) is 1. The van der Waals surface area contributed by atoms with E-state index in [1.54, 1.807) is 48.5 Å². The van der Waals surface area contributed by atoms with Gasteiger partial charge >= 0.3 is 0 Å². The lowest BCUT2D eigenvalue weighted by molar-refractivity contribution is 0.102. The Morgan fingerprint density at radius 3 is 1.57 bits per heavy atom. The minimum absolute atomic E-state index is 0.0673. The third-order valence-electron chi connectivity index (χ3n) is 4.45. The fourth-order valence-electron chi connectivity index (χ4n) is 3.15. The number of halogens is 5. The van der Waals surface area contributed by atoms with E-state index in [2.05, 4.69) is 0 Å². The van der Waals surface area contributed by atoms with Gasteiger partial charge in [0, 0.05) is 0 Å². The van der Waals surface area contributed by atoms with Crippen molar-refractivity contribution < 1.29 is 26.7 Å². The van der Waals surface area contributed by atoms with Gasteiger partial charge in [-0.25, -0.2) is 22.0 Å². The topological polar surface area (TPSA) is 29.1 Å². The van der Waals surface area contributed by atoms with Crippen molar-refractivity contribution in [3.63, 3.8) is 0 Å². The van der Waals surface area contributed by atoms with Gasteiger partial charge < -0.3 is 5.32 Å². The highest BCUT2D eigenvalue weighted by Crippen LogP contribution is 2.31. The summed E-state index contributed by atoms with van der Waals surface area (Å²) in [6.45, 7) is 0. The van der Waals surface area contributed by atoms with Gasteiger partial charge in [0.1, 0.15) is 5.69 Å². The van der Waals surface area contributed by atoms with Crippen LogP contribution in [-0.2, 0) is 0 Å². The van der Waals surface area contributed by atoms with Gasteiger partial charge in [-0.05, 0) is 27.6 Å². The first-order valence-electron chi connectivity index (χ1n) is 8.13. The molecular formula is C21H10F5NO. The molecule has 1 amide bonds. The molecule has 0 bridgehead atoms. The van der Waals surface area contributed by atoms with E-state index in [9.17, 15) is 26.7 Å². The first-order valence-corrected chi connectivity index (χ1v) is 8.13. The van der Waals surface area contributed by atoms with Crippen LogP contribution in [0.1, 0.15) is 10.4 Å². The van der Waals surface area contributed by atoms with Crippen LogP contribution in [0.4, 0.5) is 27.6 Å². The Balaban J connectivity index is 1.93. The van der Waals surface area contributed by atoms with Crippen molar-refractivity contribution in [2.45, 2.75) is 0 Å². The molecule has 0 saturated heterocycles. The van der Waals surface area contributed by atoms with Crippen LogP contribution in [0.5, 0.6) is 0 Å². The Kier molecular flexibility index (Phi) is 4.22. The molecule has 2 nitrogen and oxygen atoms in total. The quantitative estimate of drug-likeness (QED) is 0.196. The molecule has 4 aromatic carbocycles. The van der Waals surface area contributed by atoms with Crippen LogP contribution in [0.25, 0.3) is 21.5 Å². The van der Waals surface area contributed by atoms with Crippen molar-refractivity contribution in [2.24, 2.45) is 0 Å². The third-order valence-corrected chi connectivity index (χ3v) is 4.45. The summed E-state index contributed by atoms with van der Waals surface area (Å²) in [7, 11) is 0. The predicted octanol–water partition coefficient (Wildman–Crippen LogP) is 5.94. The molecule has 140 valence electrons. The first-order chi connectivity index (χ1) is 13.4. The fraction of sp³-hybridized carbons (Fsp3) is 0. The number of carbonyl (C=O) groups excluding carboxylic acids is 1. The van der Waals surface area contributed by atoms with Crippen LogP contribution < -0.4 is 5.32 Å². The van der Waals surface area contributed by atoms with Crippen LogP contribution in [-0.4, -0.2) is 5.91 Å². The molecular weight excluding hydrogens is 377 g/mol. The van der Waals surface area contributed by atoms with Gasteiger partial charge in [-0.15, -0.1) is 0 Å². The molecule has 0 saturated carbocycles. The summed E-state index contributed by atoms with van der Waals surface area (Å²) in [5.41, 5.74) is -1.32. The van der Waals surface area contributed by atoms with Crippen LogP contribution in [0.2, 0.25) is 0 Å². The molecule has 0 aliphatic carbocycles. The summed E-state index contributed by atoms with van der Waals surface area (Å²) < 4.78 is 68.1. The Bertz CT molecular complexity index is 1190. The number of rotatable bonds is 2. The highest BCUT2D eigenvalue weighted by Gasteiger charge is 2.27. The van der Waals surface area contributed by atoms with Gasteiger partial charge in [-0.1, -0.05) is 48.5 Å². The Morgan fingerprint density at radius 1 is 0.643 bits per heavy atom. The van der Waals surface area contributed by atoms with Crippen molar-refractivity contribution in [2.75, 3.05) is 5.32 Å². The van der Waals surface area contributed by atoms with Crippen molar-refractivity contribution in [1.29, 1.82) is 0 Å². The maximum atomic E-state index is 14.0. The number of carbonyl (C=O) groups is 1. The molecule has 0 aliphatic heterocycles. The number of fused-ring (bicyclic) bond motifs is 2. The molecule has 28 heavy (non-hydrogen) atoms. The van der Waals surface area contributed by atoms with E-state index < -0.39 is 40.7 Å². The van der Waals surface area contributed by atoms with Crippen molar-refractivity contribution in [3.8, 4) is 0 Å². The van der Waals surface area contributed by atoms with Gasteiger partial charge in [0.05, 0.1) is 5.56 Å². The summed E-state index contributed by atoms with van der Waals surface area (Å²) in [5.74, 6) is -11.7. The average molecular weight is 387 g/mol. The minimum atomic E-state index is -2.29. The van der Waals surface area contributed by atoms with Gasteiger partial charge in [0.25, 0.3) is 5.91 Å². The van der Waals surface area contributed by atoms with Crippen molar-refractivity contribution in [3.05, 3.63) is 89.2 Å². The highest BCUT2D eigenvalue weighted by molar-refractivity contribution is 6.21. The van der Waals surface area contributed by atoms with E-state index >= 15 is 0 Å². The standard InChI is InChI=1S/C21H10F5NO/c22-15-16(23)18(25)20(19(26)17(15)24)27-21(28)14-12-7-3-1-5-10(12)9-11-6-2-4-8-13(11)14/h1-9H,(H,27,28). The number of nitrogens with one attached hydrogen (secondary N) is 1. The number of anilines is 1. The summed E-state index contributed by atoms with van der Waals surface area (Å²) in [4.78, 5) is 12.9. The second-order valence-electron chi connectivity index (χ2n) is 6.09. The minimum Gasteiger partial charge on any atom is -0.317 e. The zero-order valence-electron chi connectivity index (χ0n) is 14.0. The highest BCUT2D eigenvalue weighted by atomic mass is 19.2. The van der Waals surface area contributed by atoms with Crippen LogP contribution in [0.3, 0.4) is 0 Å². The average Bonchev–Trinajstić information content (AvgIpc) is 2.72. The van der Waals surface area contributed by atoms with Crippen LogP contribution in [0.15, 0.2) is 54.6 Å². The summed E-state index contributed by atoms with van der Waals surface area (Å²) in [6, 6.07) is 15.4. The fourth-order valence-corrected chi connectivity index (χ4v) is 3.15. The van der Waals surface area contributed by atoms with E-state index in [-0.39, 0.29) is 5.56 Å². The van der Waals surface area contributed by atoms with Crippen molar-refractivity contribution >= 4 is 33.1 Å². The van der Waals surface area contributed by atoms with E-state index in [1.165, 1.54) is 0 Å². The zero-order valence-corrected chi connectivity index (χ0v) is 14.0. The Labute approximate surface area is 155 Å². The number of hydrogen-bond acceptors (Lipinski definition) is 1. The van der Waals surface area contributed by atoms with Gasteiger partial charge in [0.15, 0.2) is 23.3 Å². The lowest BCUT2D eigenvalue weighted by atomic mass is 9.96. The van der Waals surface area contributed by atoms with E-state index in [0.29, 0.717) is 21.5 Å². The maximum absolute atomic E-state index is 14.0. The molecule has 7 heteroatoms. The lowest BCUT2D eigenvalue weighted by Gasteiger charge is -2.13. The molecule has 0 heterocycles. The maximum Gasteiger partial charge on any atom is 0.257 e. The van der Waals surface area contributed by atoms with Gasteiger partial charge in [-0.3, -0.25) is 4.79 Å². The smallest absolute Gasteiger partial charge is 0.257 e. The normalized spacial score (nSPS) is 11.2. The van der Waals surface area contributed by atoms with Gasteiger partial charge in [0.2, 0.25) is 5.82 Å². The molecule has 4 rings (SSSR count). The summed E-state index contributed by atoms with van der Waals surface area (Å²) in [6.07, 6.45) is 0. The molecule has 0 unspecified atom stereocenters. The van der Waals surface area contributed by atoms with E-state index in [4.69, 9.17) is 0 Å².